The van der Waals surface area contributed by atoms with Crippen LogP contribution in [0.25, 0.3) is 0 Å². The summed E-state index contributed by atoms with van der Waals surface area (Å²) >= 11 is 12.0. The second-order valence-electron chi connectivity index (χ2n) is 6.45. The van der Waals surface area contributed by atoms with Gasteiger partial charge in [-0.3, -0.25) is 14.1 Å². The minimum absolute atomic E-state index is 0.199. The molecule has 3 aromatic rings. The van der Waals surface area contributed by atoms with Crippen LogP contribution in [0.3, 0.4) is 0 Å². The number of rotatable bonds is 8. The fraction of sp³-hybridized carbons (Fsp3) is 0.0952. The highest BCUT2D eigenvalue weighted by Gasteiger charge is 2.18. The van der Waals surface area contributed by atoms with Crippen molar-refractivity contribution in [3.8, 4) is 5.75 Å². The lowest BCUT2D eigenvalue weighted by molar-refractivity contribution is -0.120. The number of benzene rings is 3. The van der Waals surface area contributed by atoms with Gasteiger partial charge in [0.1, 0.15) is 5.75 Å². The molecule has 3 aromatic carbocycles. The minimum atomic E-state index is -4.36. The monoisotopic (exact) mass is 480 g/mol. The van der Waals surface area contributed by atoms with Gasteiger partial charge in [-0.15, -0.1) is 0 Å². The first-order valence-electron chi connectivity index (χ1n) is 8.99. The number of hydrogen-bond acceptors (Lipinski definition) is 4. The highest BCUT2D eigenvalue weighted by molar-refractivity contribution is 7.87. The van der Waals surface area contributed by atoms with Crippen molar-refractivity contribution in [1.29, 1.82) is 0 Å². The van der Waals surface area contributed by atoms with Gasteiger partial charge in [0.05, 0.1) is 17.3 Å². The molecule has 0 bridgehead atoms. The van der Waals surface area contributed by atoms with Crippen LogP contribution in [0, 0.1) is 0 Å². The van der Waals surface area contributed by atoms with Crippen LogP contribution in [0.15, 0.2) is 72.8 Å². The SMILES string of the molecule is O=C(COc1ccc(Cl)cc1Cl)N(Cc1ccc(NS(=O)(=O)O)cc1)c1ccccc1. The summed E-state index contributed by atoms with van der Waals surface area (Å²) in [4.78, 5) is 14.5. The molecule has 0 aliphatic carbocycles. The van der Waals surface area contributed by atoms with E-state index in [0.717, 1.165) is 5.56 Å². The van der Waals surface area contributed by atoms with E-state index in [9.17, 15) is 13.2 Å². The predicted octanol–water partition coefficient (Wildman–Crippen LogP) is 4.82. The maximum absolute atomic E-state index is 13.0. The molecule has 162 valence electrons. The molecule has 2 N–H and O–H groups in total. The Bertz CT molecular complexity index is 1160. The third kappa shape index (κ3) is 6.86. The van der Waals surface area contributed by atoms with Gasteiger partial charge in [-0.05, 0) is 48.0 Å². The molecule has 1 amide bonds. The molecule has 0 atom stereocenters. The van der Waals surface area contributed by atoms with Crippen molar-refractivity contribution in [2.24, 2.45) is 0 Å². The summed E-state index contributed by atoms with van der Waals surface area (Å²) < 4.78 is 38.3. The average molecular weight is 481 g/mol. The molecule has 0 radical (unpaired) electrons. The van der Waals surface area contributed by atoms with E-state index >= 15 is 0 Å². The highest BCUT2D eigenvalue weighted by Crippen LogP contribution is 2.28. The van der Waals surface area contributed by atoms with Gasteiger partial charge in [-0.2, -0.15) is 8.42 Å². The summed E-state index contributed by atoms with van der Waals surface area (Å²) in [6.45, 7) is -0.0364. The molecule has 10 heteroatoms. The molecule has 7 nitrogen and oxygen atoms in total. The number of carbonyl (C=O) groups excluding carboxylic acids is 1. The molecule has 0 aliphatic heterocycles. The highest BCUT2D eigenvalue weighted by atomic mass is 35.5. The van der Waals surface area contributed by atoms with E-state index in [4.69, 9.17) is 32.5 Å². The Labute approximate surface area is 190 Å². The molecular formula is C21H18Cl2N2O5S. The number of carbonyl (C=O) groups is 1. The Hall–Kier alpha value is -2.78. The van der Waals surface area contributed by atoms with E-state index in [1.165, 1.54) is 23.1 Å². The second kappa shape index (κ2) is 10.0. The van der Waals surface area contributed by atoms with Gasteiger partial charge in [-0.25, -0.2) is 0 Å². The predicted molar refractivity (Wildman–Crippen MR) is 121 cm³/mol. The van der Waals surface area contributed by atoms with Crippen molar-refractivity contribution in [2.45, 2.75) is 6.54 Å². The Morgan fingerprint density at radius 3 is 2.29 bits per heavy atom. The van der Waals surface area contributed by atoms with E-state index in [2.05, 4.69) is 0 Å². The van der Waals surface area contributed by atoms with Crippen LogP contribution in [-0.2, 0) is 21.6 Å². The second-order valence-corrected chi connectivity index (χ2v) is 8.45. The summed E-state index contributed by atoms with van der Waals surface area (Å²) in [5.41, 5.74) is 1.60. The molecule has 0 aromatic heterocycles. The lowest BCUT2D eigenvalue weighted by atomic mass is 10.1. The van der Waals surface area contributed by atoms with Gasteiger partial charge < -0.3 is 9.64 Å². The Balaban J connectivity index is 1.76. The number of halogens is 2. The van der Waals surface area contributed by atoms with Gasteiger partial charge in [0.15, 0.2) is 6.61 Å². The van der Waals surface area contributed by atoms with Crippen molar-refractivity contribution in [2.75, 3.05) is 16.2 Å². The Kier molecular flexibility index (Phi) is 7.40. The smallest absolute Gasteiger partial charge is 0.357 e. The summed E-state index contributed by atoms with van der Waals surface area (Å²) in [5, 5.41) is 0.759. The van der Waals surface area contributed by atoms with Crippen molar-refractivity contribution in [3.05, 3.63) is 88.4 Å². The van der Waals surface area contributed by atoms with Gasteiger partial charge in [0.25, 0.3) is 5.91 Å². The van der Waals surface area contributed by atoms with Gasteiger partial charge in [0, 0.05) is 10.7 Å². The molecule has 0 aliphatic rings. The van der Waals surface area contributed by atoms with Crippen LogP contribution in [0.5, 0.6) is 5.75 Å². The van der Waals surface area contributed by atoms with Gasteiger partial charge in [-0.1, -0.05) is 53.5 Å². The number of para-hydroxylation sites is 1. The molecule has 0 fully saturated rings. The molecule has 0 heterocycles. The van der Waals surface area contributed by atoms with Crippen LogP contribution < -0.4 is 14.4 Å². The summed E-state index contributed by atoms with van der Waals surface area (Å²) in [6.07, 6.45) is 0. The summed E-state index contributed by atoms with van der Waals surface area (Å²) in [7, 11) is -4.36. The topological polar surface area (TPSA) is 95.9 Å². The van der Waals surface area contributed by atoms with E-state index in [1.54, 1.807) is 36.4 Å². The maximum Gasteiger partial charge on any atom is 0.357 e. The molecule has 31 heavy (non-hydrogen) atoms. The van der Waals surface area contributed by atoms with Crippen LogP contribution in [0.4, 0.5) is 11.4 Å². The minimum Gasteiger partial charge on any atom is -0.482 e. The van der Waals surface area contributed by atoms with Gasteiger partial charge >= 0.3 is 10.3 Å². The summed E-state index contributed by atoms with van der Waals surface area (Å²) in [5.74, 6) is 0.0328. The molecule has 3 rings (SSSR count). The average Bonchev–Trinajstić information content (AvgIpc) is 2.72. The van der Waals surface area contributed by atoms with Crippen LogP contribution >= 0.6 is 23.2 Å². The first-order valence-corrected chi connectivity index (χ1v) is 11.2. The lowest BCUT2D eigenvalue weighted by Gasteiger charge is -2.23. The molecule has 0 unspecified atom stereocenters. The number of amides is 1. The van der Waals surface area contributed by atoms with Crippen molar-refractivity contribution in [3.63, 3.8) is 0 Å². The molecule has 0 saturated carbocycles. The van der Waals surface area contributed by atoms with Crippen molar-refractivity contribution in [1.82, 2.24) is 0 Å². The zero-order chi connectivity index (χ0) is 22.4. The number of ether oxygens (including phenoxy) is 1. The fourth-order valence-corrected chi connectivity index (χ4v) is 3.65. The van der Waals surface area contributed by atoms with Crippen LogP contribution in [0.2, 0.25) is 10.0 Å². The quantitative estimate of drug-likeness (QED) is 0.450. The molecule has 0 saturated heterocycles. The lowest BCUT2D eigenvalue weighted by Crippen LogP contribution is -2.34. The maximum atomic E-state index is 13.0. The van der Waals surface area contributed by atoms with Gasteiger partial charge in [0.2, 0.25) is 0 Å². The van der Waals surface area contributed by atoms with E-state index in [1.807, 2.05) is 22.9 Å². The first kappa shape index (κ1) is 22.9. The van der Waals surface area contributed by atoms with Crippen LogP contribution in [0.1, 0.15) is 5.56 Å². The Morgan fingerprint density at radius 2 is 1.68 bits per heavy atom. The zero-order valence-corrected chi connectivity index (χ0v) is 18.4. The van der Waals surface area contributed by atoms with Crippen molar-refractivity contribution >= 4 is 50.8 Å². The number of anilines is 2. The summed E-state index contributed by atoms with van der Waals surface area (Å²) in [6, 6.07) is 20.0. The number of nitrogens with one attached hydrogen (secondary N) is 1. The van der Waals surface area contributed by atoms with Crippen LogP contribution in [-0.4, -0.2) is 25.5 Å². The first-order chi connectivity index (χ1) is 14.7. The standard InChI is InChI=1S/C21H18Cl2N2O5S/c22-16-8-11-20(19(23)12-16)30-14-21(26)25(18-4-2-1-3-5-18)13-15-6-9-17(10-7-15)24-31(27,28)29/h1-12,24H,13-14H2,(H,27,28,29). The zero-order valence-electron chi connectivity index (χ0n) is 16.0. The van der Waals surface area contributed by atoms with E-state index in [-0.39, 0.29) is 24.7 Å². The van der Waals surface area contributed by atoms with E-state index in [0.29, 0.717) is 21.5 Å². The molecular weight excluding hydrogens is 463 g/mol. The molecule has 0 spiro atoms. The fourth-order valence-electron chi connectivity index (χ4n) is 2.75. The Morgan fingerprint density at radius 1 is 1.00 bits per heavy atom. The normalized spacial score (nSPS) is 11.1. The number of hydrogen-bond donors (Lipinski definition) is 2. The van der Waals surface area contributed by atoms with E-state index < -0.39 is 10.3 Å². The largest absolute Gasteiger partial charge is 0.482 e. The third-order valence-corrected chi connectivity index (χ3v) is 5.18. The number of nitrogens with zero attached hydrogens (tertiary/aromatic N) is 1. The third-order valence-electron chi connectivity index (χ3n) is 4.16. The van der Waals surface area contributed by atoms with Crippen molar-refractivity contribution < 1.29 is 22.5 Å².